The van der Waals surface area contributed by atoms with Gasteiger partial charge in [-0.1, -0.05) is 0 Å². The van der Waals surface area contributed by atoms with Gasteiger partial charge in [0.05, 0.1) is 29.9 Å². The number of methoxy groups -OCH3 is 2. The summed E-state index contributed by atoms with van der Waals surface area (Å²) in [6, 6.07) is 6.08. The Bertz CT molecular complexity index is 509. The molecule has 128 valence electrons. The number of ether oxygens (including phenoxy) is 3. The van der Waals surface area contributed by atoms with E-state index in [-0.39, 0.29) is 12.2 Å². The SMILES string of the molecule is COc1ccc(C(=O)OOOC(=O)OCCC(C)(C)OC)cc1. The lowest BCUT2D eigenvalue weighted by Gasteiger charge is -2.21. The second-order valence-electron chi connectivity index (χ2n) is 5.06. The van der Waals surface area contributed by atoms with E-state index < -0.39 is 17.7 Å². The van der Waals surface area contributed by atoms with Gasteiger partial charge in [0.25, 0.3) is 0 Å². The topological polar surface area (TPSA) is 89.5 Å². The normalized spacial score (nSPS) is 10.8. The van der Waals surface area contributed by atoms with Gasteiger partial charge in [-0.2, -0.15) is 0 Å². The van der Waals surface area contributed by atoms with Crippen LogP contribution in [-0.4, -0.2) is 38.6 Å². The van der Waals surface area contributed by atoms with Crippen LogP contribution < -0.4 is 4.74 Å². The lowest BCUT2D eigenvalue weighted by atomic mass is 10.1. The van der Waals surface area contributed by atoms with Crippen LogP contribution in [0, 0.1) is 0 Å². The van der Waals surface area contributed by atoms with Crippen LogP contribution in [0.1, 0.15) is 30.6 Å². The van der Waals surface area contributed by atoms with Gasteiger partial charge in [-0.05, 0) is 38.1 Å². The molecule has 0 aromatic heterocycles. The molecule has 0 radical (unpaired) electrons. The molecular weight excluding hydrogens is 308 g/mol. The molecular formula is C15H20O8. The first-order valence-electron chi connectivity index (χ1n) is 6.79. The molecule has 0 saturated heterocycles. The van der Waals surface area contributed by atoms with E-state index in [1.807, 2.05) is 13.8 Å². The van der Waals surface area contributed by atoms with Crippen molar-refractivity contribution in [2.24, 2.45) is 0 Å². The summed E-state index contributed by atoms with van der Waals surface area (Å²) in [6.45, 7) is 3.75. The quantitative estimate of drug-likeness (QED) is 0.409. The molecule has 0 unspecified atom stereocenters. The highest BCUT2D eigenvalue weighted by atomic mass is 17.5. The van der Waals surface area contributed by atoms with Crippen LogP contribution in [0.25, 0.3) is 0 Å². The first kappa shape index (κ1) is 18.7. The lowest BCUT2D eigenvalue weighted by molar-refractivity contribution is -0.452. The summed E-state index contributed by atoms with van der Waals surface area (Å²) >= 11 is 0. The highest BCUT2D eigenvalue weighted by molar-refractivity contribution is 5.89. The number of carbonyl (C=O) groups excluding carboxylic acids is 2. The Labute approximate surface area is 134 Å². The first-order valence-corrected chi connectivity index (χ1v) is 6.79. The second-order valence-corrected chi connectivity index (χ2v) is 5.06. The molecule has 0 spiro atoms. The summed E-state index contributed by atoms with van der Waals surface area (Å²) in [5, 5.41) is 4.09. The van der Waals surface area contributed by atoms with E-state index in [2.05, 4.69) is 14.8 Å². The minimum absolute atomic E-state index is 0.0649. The van der Waals surface area contributed by atoms with Gasteiger partial charge in [0.15, 0.2) is 0 Å². The van der Waals surface area contributed by atoms with E-state index in [0.29, 0.717) is 12.2 Å². The highest BCUT2D eigenvalue weighted by Gasteiger charge is 2.18. The van der Waals surface area contributed by atoms with Crippen molar-refractivity contribution in [3.8, 4) is 5.75 Å². The van der Waals surface area contributed by atoms with Crippen molar-refractivity contribution in [3.05, 3.63) is 29.8 Å². The Morgan fingerprint density at radius 2 is 1.70 bits per heavy atom. The van der Waals surface area contributed by atoms with E-state index in [9.17, 15) is 9.59 Å². The molecule has 8 nitrogen and oxygen atoms in total. The van der Waals surface area contributed by atoms with Crippen molar-refractivity contribution in [2.45, 2.75) is 25.9 Å². The molecule has 1 rings (SSSR count). The number of hydrogen-bond donors (Lipinski definition) is 0. The summed E-state index contributed by atoms with van der Waals surface area (Å²) in [4.78, 5) is 31.2. The molecule has 0 aliphatic heterocycles. The molecule has 0 heterocycles. The average Bonchev–Trinajstić information content (AvgIpc) is 2.54. The van der Waals surface area contributed by atoms with Crippen molar-refractivity contribution in [1.82, 2.24) is 0 Å². The summed E-state index contributed by atoms with van der Waals surface area (Å²) in [6.07, 6.45) is -0.663. The fourth-order valence-electron chi connectivity index (χ4n) is 1.36. The van der Waals surface area contributed by atoms with Gasteiger partial charge in [0.2, 0.25) is 0 Å². The van der Waals surface area contributed by atoms with Gasteiger partial charge in [-0.25, -0.2) is 14.5 Å². The molecule has 0 N–H and O–H groups in total. The zero-order valence-corrected chi connectivity index (χ0v) is 13.5. The number of hydrogen-bond acceptors (Lipinski definition) is 8. The molecule has 0 aliphatic carbocycles. The van der Waals surface area contributed by atoms with Crippen LogP contribution in [0.2, 0.25) is 0 Å². The smallest absolute Gasteiger partial charge is 0.497 e. The summed E-state index contributed by atoms with van der Waals surface area (Å²) < 4.78 is 14.8. The second kappa shape index (κ2) is 8.96. The largest absolute Gasteiger partial charge is 0.543 e. The Kier molecular flexibility index (Phi) is 7.30. The van der Waals surface area contributed by atoms with Gasteiger partial charge >= 0.3 is 12.1 Å². The van der Waals surface area contributed by atoms with Gasteiger partial charge in [0.1, 0.15) is 5.75 Å². The third-order valence-corrected chi connectivity index (χ3v) is 3.01. The van der Waals surface area contributed by atoms with Crippen LogP contribution in [-0.2, 0) is 24.3 Å². The molecule has 0 aliphatic rings. The van der Waals surface area contributed by atoms with Crippen LogP contribution in [0.15, 0.2) is 24.3 Å². The van der Waals surface area contributed by atoms with E-state index in [4.69, 9.17) is 14.2 Å². The molecule has 0 saturated carbocycles. The standard InChI is InChI=1S/C15H20O8/c1-15(2,19-4)9-10-20-14(17)22-23-21-13(16)11-5-7-12(18-3)8-6-11/h5-8H,9-10H2,1-4H3. The van der Waals surface area contributed by atoms with Gasteiger partial charge in [-0.3, -0.25) is 4.89 Å². The average molecular weight is 328 g/mol. The van der Waals surface area contributed by atoms with Crippen molar-refractivity contribution >= 4 is 12.1 Å². The third kappa shape index (κ3) is 6.98. The Morgan fingerprint density at radius 3 is 2.26 bits per heavy atom. The molecule has 1 aromatic rings. The van der Waals surface area contributed by atoms with Crippen molar-refractivity contribution < 1.29 is 38.6 Å². The van der Waals surface area contributed by atoms with E-state index in [1.165, 1.54) is 19.2 Å². The molecule has 0 fully saturated rings. The summed E-state index contributed by atoms with van der Waals surface area (Å²) in [5.74, 6) is -0.248. The van der Waals surface area contributed by atoms with Gasteiger partial charge < -0.3 is 14.2 Å². The molecule has 0 amide bonds. The fourth-order valence-corrected chi connectivity index (χ4v) is 1.36. The third-order valence-electron chi connectivity index (χ3n) is 3.01. The highest BCUT2D eigenvalue weighted by Crippen LogP contribution is 2.13. The Balaban J connectivity index is 2.24. The van der Waals surface area contributed by atoms with Crippen LogP contribution in [0.4, 0.5) is 4.79 Å². The van der Waals surface area contributed by atoms with Crippen molar-refractivity contribution in [1.29, 1.82) is 0 Å². The summed E-state index contributed by atoms with van der Waals surface area (Å²) in [7, 11) is 3.06. The maximum Gasteiger partial charge on any atom is 0.543 e. The Hall–Kier alpha value is -2.32. The maximum atomic E-state index is 11.6. The summed E-state index contributed by atoms with van der Waals surface area (Å²) in [5.41, 5.74) is -0.230. The van der Waals surface area contributed by atoms with Gasteiger partial charge in [-0.15, -0.1) is 0 Å². The first-order chi connectivity index (χ1) is 10.9. The van der Waals surface area contributed by atoms with Crippen LogP contribution in [0.3, 0.4) is 0 Å². The zero-order chi connectivity index (χ0) is 17.3. The lowest BCUT2D eigenvalue weighted by Crippen LogP contribution is -2.25. The predicted molar refractivity (Wildman–Crippen MR) is 77.6 cm³/mol. The zero-order valence-electron chi connectivity index (χ0n) is 13.5. The minimum Gasteiger partial charge on any atom is -0.497 e. The van der Waals surface area contributed by atoms with E-state index >= 15 is 0 Å². The minimum atomic E-state index is -1.13. The van der Waals surface area contributed by atoms with E-state index in [1.54, 1.807) is 19.2 Å². The molecule has 8 heteroatoms. The Morgan fingerprint density at radius 1 is 1.04 bits per heavy atom. The maximum absolute atomic E-state index is 11.6. The number of rotatable bonds is 8. The van der Waals surface area contributed by atoms with Crippen LogP contribution >= 0.6 is 0 Å². The monoisotopic (exact) mass is 328 g/mol. The predicted octanol–water partition coefficient (Wildman–Crippen LogP) is 2.67. The molecule has 0 bridgehead atoms. The molecule has 23 heavy (non-hydrogen) atoms. The number of benzene rings is 1. The number of carbonyl (C=O) groups is 2. The fraction of sp³-hybridized carbons (Fsp3) is 0.467. The van der Waals surface area contributed by atoms with Crippen LogP contribution in [0.5, 0.6) is 5.75 Å². The molecule has 0 atom stereocenters. The van der Waals surface area contributed by atoms with Crippen molar-refractivity contribution in [2.75, 3.05) is 20.8 Å². The van der Waals surface area contributed by atoms with Gasteiger partial charge in [0, 0.05) is 13.5 Å². The van der Waals surface area contributed by atoms with Crippen molar-refractivity contribution in [3.63, 3.8) is 0 Å². The van der Waals surface area contributed by atoms with E-state index in [0.717, 1.165) is 0 Å². The molecule has 1 aromatic carbocycles.